The van der Waals surface area contributed by atoms with Gasteiger partial charge in [-0.2, -0.15) is 0 Å². The first-order valence-corrected chi connectivity index (χ1v) is 9.79. The summed E-state index contributed by atoms with van der Waals surface area (Å²) in [6, 6.07) is 6.32. The van der Waals surface area contributed by atoms with Gasteiger partial charge in [-0.25, -0.2) is 0 Å². The van der Waals surface area contributed by atoms with Gasteiger partial charge in [0.05, 0.1) is 0 Å². The molecule has 0 spiro atoms. The minimum absolute atomic E-state index is 0.0905. The molecule has 3 aliphatic rings. The van der Waals surface area contributed by atoms with E-state index in [1.165, 1.54) is 6.42 Å². The monoisotopic (exact) mass is 357 g/mol. The molecule has 2 bridgehead atoms. The van der Waals surface area contributed by atoms with Crippen LogP contribution in [-0.2, 0) is 11.2 Å². The summed E-state index contributed by atoms with van der Waals surface area (Å²) >= 11 is 0. The molecule has 0 N–H and O–H groups in total. The van der Waals surface area contributed by atoms with E-state index in [-0.39, 0.29) is 23.5 Å². The molecule has 4 heteroatoms. The first-order chi connectivity index (χ1) is 12.1. The van der Waals surface area contributed by atoms with Crippen LogP contribution in [0.2, 0.25) is 0 Å². The lowest BCUT2D eigenvalue weighted by molar-refractivity contribution is -0.134. The molecule has 2 heterocycles. The molecule has 0 radical (unpaired) electrons. The maximum atomic E-state index is 12.9. The van der Waals surface area contributed by atoms with Gasteiger partial charge in [0, 0.05) is 24.6 Å². The Kier molecular flexibility index (Phi) is 3.84. The molecule has 2 fully saturated rings. The summed E-state index contributed by atoms with van der Waals surface area (Å²) in [6.45, 7) is 12.1. The Labute approximate surface area is 156 Å². The Morgan fingerprint density at radius 2 is 2.00 bits per heavy atom. The van der Waals surface area contributed by atoms with Crippen LogP contribution in [0.3, 0.4) is 0 Å². The molecule has 2 aliphatic heterocycles. The van der Waals surface area contributed by atoms with Crippen LogP contribution in [0, 0.1) is 10.8 Å². The van der Waals surface area contributed by atoms with Gasteiger partial charge in [-0.1, -0.05) is 32.9 Å². The number of nitrogens with zero attached hydrogens (tertiary/aromatic N) is 1. The molecule has 1 saturated heterocycles. The number of carbonyl (C=O) groups excluding carboxylic acids is 1. The fourth-order valence-electron chi connectivity index (χ4n) is 5.67. The Balaban J connectivity index is 1.44. The van der Waals surface area contributed by atoms with Gasteiger partial charge >= 0.3 is 0 Å². The Bertz CT molecular complexity index is 739. The molecule has 0 unspecified atom stereocenters. The van der Waals surface area contributed by atoms with E-state index in [4.69, 9.17) is 9.47 Å². The lowest BCUT2D eigenvalue weighted by Crippen LogP contribution is -2.40. The molecule has 0 aromatic heterocycles. The second kappa shape index (κ2) is 5.64. The van der Waals surface area contributed by atoms with Crippen molar-refractivity contribution in [3.63, 3.8) is 0 Å². The molecule has 1 aromatic rings. The van der Waals surface area contributed by atoms with Crippen molar-refractivity contribution in [2.75, 3.05) is 13.2 Å². The van der Waals surface area contributed by atoms with Crippen LogP contribution in [0.1, 0.15) is 59.4 Å². The summed E-state index contributed by atoms with van der Waals surface area (Å²) in [5.74, 6) is 1.60. The third-order valence-electron chi connectivity index (χ3n) is 6.14. The fraction of sp³-hybridized carbons (Fsp3) is 0.682. The number of benzene rings is 1. The summed E-state index contributed by atoms with van der Waals surface area (Å²) in [5, 5.41) is 0. The summed E-state index contributed by atoms with van der Waals surface area (Å²) in [5.41, 5.74) is 1.51. The second-order valence-corrected chi connectivity index (χ2v) is 10.3. The van der Waals surface area contributed by atoms with Crippen molar-refractivity contribution in [1.82, 2.24) is 4.90 Å². The van der Waals surface area contributed by atoms with Gasteiger partial charge in [-0.15, -0.1) is 0 Å². The van der Waals surface area contributed by atoms with E-state index in [0.717, 1.165) is 37.1 Å². The number of rotatable bonds is 3. The van der Waals surface area contributed by atoms with Crippen molar-refractivity contribution in [3.8, 4) is 11.5 Å². The Morgan fingerprint density at radius 1 is 1.23 bits per heavy atom. The van der Waals surface area contributed by atoms with E-state index in [1.807, 2.05) is 12.1 Å². The molecule has 142 valence electrons. The highest BCUT2D eigenvalue weighted by molar-refractivity contribution is 5.78. The third kappa shape index (κ3) is 3.19. The van der Waals surface area contributed by atoms with Gasteiger partial charge in [0.2, 0.25) is 0 Å². The molecule has 1 saturated carbocycles. The van der Waals surface area contributed by atoms with E-state index in [9.17, 15) is 4.79 Å². The molecule has 1 aromatic carbocycles. The highest BCUT2D eigenvalue weighted by atomic mass is 16.5. The Hall–Kier alpha value is -1.71. The van der Waals surface area contributed by atoms with E-state index in [2.05, 4.69) is 45.6 Å². The Morgan fingerprint density at radius 3 is 2.77 bits per heavy atom. The van der Waals surface area contributed by atoms with Crippen molar-refractivity contribution in [3.05, 3.63) is 23.8 Å². The van der Waals surface area contributed by atoms with Gasteiger partial charge in [0.25, 0.3) is 5.91 Å². The zero-order valence-electron chi connectivity index (χ0n) is 16.7. The molecule has 26 heavy (non-hydrogen) atoms. The summed E-state index contributed by atoms with van der Waals surface area (Å²) in [4.78, 5) is 15.0. The van der Waals surface area contributed by atoms with Gasteiger partial charge in [-0.05, 0) is 50.0 Å². The van der Waals surface area contributed by atoms with E-state index >= 15 is 0 Å². The first kappa shape index (κ1) is 17.7. The molecule has 4 rings (SSSR count). The van der Waals surface area contributed by atoms with Crippen LogP contribution in [0.25, 0.3) is 0 Å². The molecular formula is C22H31NO3. The van der Waals surface area contributed by atoms with Gasteiger partial charge in [0.15, 0.2) is 18.1 Å². The van der Waals surface area contributed by atoms with Crippen molar-refractivity contribution < 1.29 is 14.3 Å². The van der Waals surface area contributed by atoms with E-state index in [0.29, 0.717) is 17.2 Å². The maximum Gasteiger partial charge on any atom is 0.260 e. The van der Waals surface area contributed by atoms with Crippen molar-refractivity contribution >= 4 is 5.91 Å². The zero-order valence-corrected chi connectivity index (χ0v) is 16.7. The number of hydrogen-bond acceptors (Lipinski definition) is 3. The number of likely N-dealkylation sites (tertiary alicyclic amines) is 1. The number of hydrogen-bond donors (Lipinski definition) is 0. The summed E-state index contributed by atoms with van der Waals surface area (Å²) in [7, 11) is 0. The standard InChI is InChI=1S/C22H31NO3/c1-20(2)10-16-11-22(5,13-20)14-23(16)18(24)12-25-17-8-6-7-15-9-21(3,4)26-19(15)17/h6-8,16H,9-14H2,1-5H3/t16-,22-/m1/s1. The van der Waals surface area contributed by atoms with Crippen molar-refractivity contribution in [2.45, 2.75) is 71.9 Å². The molecular weight excluding hydrogens is 326 g/mol. The maximum absolute atomic E-state index is 12.9. The van der Waals surface area contributed by atoms with Crippen LogP contribution < -0.4 is 9.47 Å². The quantitative estimate of drug-likeness (QED) is 0.813. The van der Waals surface area contributed by atoms with Crippen LogP contribution in [0.5, 0.6) is 11.5 Å². The molecule has 4 nitrogen and oxygen atoms in total. The first-order valence-electron chi connectivity index (χ1n) is 9.79. The average Bonchev–Trinajstić information content (AvgIpc) is 2.95. The average molecular weight is 357 g/mol. The SMILES string of the molecule is CC1(C)C[C@@H]2C[C@@](C)(CN2C(=O)COc2cccc3c2OC(C)(C)C3)C1. The van der Waals surface area contributed by atoms with Crippen LogP contribution in [0.4, 0.5) is 0 Å². The second-order valence-electron chi connectivity index (χ2n) is 10.3. The predicted molar refractivity (Wildman–Crippen MR) is 102 cm³/mol. The number of para-hydroxylation sites is 1. The van der Waals surface area contributed by atoms with Gasteiger partial charge < -0.3 is 14.4 Å². The van der Waals surface area contributed by atoms with Crippen LogP contribution in [-0.4, -0.2) is 35.6 Å². The third-order valence-corrected chi connectivity index (χ3v) is 6.14. The van der Waals surface area contributed by atoms with E-state index in [1.54, 1.807) is 0 Å². The van der Waals surface area contributed by atoms with Crippen molar-refractivity contribution in [1.29, 1.82) is 0 Å². The number of carbonyl (C=O) groups is 1. The normalized spacial score (nSPS) is 30.7. The van der Waals surface area contributed by atoms with Gasteiger partial charge in [-0.3, -0.25) is 4.79 Å². The molecule has 1 amide bonds. The zero-order chi connectivity index (χ0) is 18.7. The minimum atomic E-state index is -0.210. The molecule has 1 aliphatic carbocycles. The molecule has 2 atom stereocenters. The lowest BCUT2D eigenvalue weighted by Gasteiger charge is -2.39. The smallest absolute Gasteiger partial charge is 0.260 e. The highest BCUT2D eigenvalue weighted by Crippen LogP contribution is 2.52. The van der Waals surface area contributed by atoms with E-state index < -0.39 is 0 Å². The largest absolute Gasteiger partial charge is 0.483 e. The lowest BCUT2D eigenvalue weighted by atomic mass is 9.65. The summed E-state index contributed by atoms with van der Waals surface area (Å²) < 4.78 is 12.0. The highest BCUT2D eigenvalue weighted by Gasteiger charge is 2.50. The summed E-state index contributed by atoms with van der Waals surface area (Å²) in [6.07, 6.45) is 4.28. The van der Waals surface area contributed by atoms with Crippen molar-refractivity contribution in [2.24, 2.45) is 10.8 Å². The predicted octanol–water partition coefficient (Wildman–Crippen LogP) is 4.21. The number of ether oxygens (including phenoxy) is 2. The fourth-order valence-corrected chi connectivity index (χ4v) is 5.67. The minimum Gasteiger partial charge on any atom is -0.483 e. The topological polar surface area (TPSA) is 38.8 Å². The number of fused-ring (bicyclic) bond motifs is 3. The van der Waals surface area contributed by atoms with Crippen LogP contribution >= 0.6 is 0 Å². The number of amides is 1. The van der Waals surface area contributed by atoms with Gasteiger partial charge in [0.1, 0.15) is 5.60 Å². The van der Waals surface area contributed by atoms with Crippen LogP contribution in [0.15, 0.2) is 18.2 Å².